The van der Waals surface area contributed by atoms with Gasteiger partial charge in [-0.25, -0.2) is 9.97 Å². The minimum atomic E-state index is -0.151. The van der Waals surface area contributed by atoms with Crippen molar-refractivity contribution in [1.82, 2.24) is 14.5 Å². The van der Waals surface area contributed by atoms with Crippen LogP contribution in [0.2, 0.25) is 0 Å². The monoisotopic (exact) mass is 546 g/mol. The van der Waals surface area contributed by atoms with Crippen LogP contribution in [0.1, 0.15) is 67.1 Å². The summed E-state index contributed by atoms with van der Waals surface area (Å²) in [6, 6.07) is 24.8. The Balaban J connectivity index is 0.000000210. The highest BCUT2D eigenvalue weighted by atomic mass is 16.1. The summed E-state index contributed by atoms with van der Waals surface area (Å²) in [6.45, 7) is 7.52. The number of Topliss-reactive ketones (excluding diaryl/α,β-unsaturated/α-hetero) is 1. The Hall–Kier alpha value is -4.75. The Morgan fingerprint density at radius 3 is 2.07 bits per heavy atom. The van der Waals surface area contributed by atoms with Gasteiger partial charge in [0, 0.05) is 18.5 Å². The lowest BCUT2D eigenvalue weighted by Crippen LogP contribution is -2.37. The molecule has 2 aromatic heterocycles. The van der Waals surface area contributed by atoms with Gasteiger partial charge in [0.1, 0.15) is 17.5 Å². The molecule has 4 aromatic rings. The maximum Gasteiger partial charge on any atom is 0.152 e. The highest BCUT2D eigenvalue weighted by Gasteiger charge is 2.27. The molecular formula is C34H38N6O. The summed E-state index contributed by atoms with van der Waals surface area (Å²) in [5.41, 5.74) is 3.78. The number of nitriles is 2. The van der Waals surface area contributed by atoms with Crippen LogP contribution >= 0.6 is 0 Å². The zero-order valence-electron chi connectivity index (χ0n) is 24.3. The van der Waals surface area contributed by atoms with Crippen molar-refractivity contribution in [2.24, 2.45) is 5.92 Å². The van der Waals surface area contributed by atoms with Crippen LogP contribution in [-0.4, -0.2) is 26.4 Å². The fourth-order valence-electron chi connectivity index (χ4n) is 4.77. The average Bonchev–Trinajstić information content (AvgIpc) is 3.53. The Labute approximate surface area is 243 Å². The molecule has 2 aromatic carbocycles. The molecule has 1 saturated carbocycles. The van der Waals surface area contributed by atoms with Crippen LogP contribution in [-0.2, 0) is 4.79 Å². The number of aromatic nitrogens is 3. The SMILES string of the molecule is CC(=O)[C@H](Nc1cc(-n2cccc2)nc(C)n1)C1CCCCC1.Cc1ccc(C#N)cc1.Cc1cccc(C#N)c1. The van der Waals surface area contributed by atoms with Gasteiger partial charge < -0.3 is 9.88 Å². The number of carbonyl (C=O) groups is 1. The van der Waals surface area contributed by atoms with E-state index >= 15 is 0 Å². The molecule has 0 amide bonds. The van der Waals surface area contributed by atoms with Crippen LogP contribution in [0.25, 0.3) is 5.82 Å². The summed E-state index contributed by atoms with van der Waals surface area (Å²) in [6.07, 6.45) is 9.86. The Morgan fingerprint density at radius 2 is 1.51 bits per heavy atom. The lowest BCUT2D eigenvalue weighted by Gasteiger charge is -2.29. The van der Waals surface area contributed by atoms with Crippen molar-refractivity contribution >= 4 is 11.6 Å². The number of rotatable bonds is 5. The maximum absolute atomic E-state index is 12.1. The van der Waals surface area contributed by atoms with Gasteiger partial charge in [-0.15, -0.1) is 0 Å². The van der Waals surface area contributed by atoms with Gasteiger partial charge in [0.2, 0.25) is 0 Å². The van der Waals surface area contributed by atoms with Gasteiger partial charge in [0.25, 0.3) is 0 Å². The second kappa shape index (κ2) is 15.7. The molecule has 5 rings (SSSR count). The number of ketones is 1. The van der Waals surface area contributed by atoms with E-state index in [-0.39, 0.29) is 11.8 Å². The summed E-state index contributed by atoms with van der Waals surface area (Å²) >= 11 is 0. The quantitative estimate of drug-likeness (QED) is 0.282. The molecule has 1 N–H and O–H groups in total. The summed E-state index contributed by atoms with van der Waals surface area (Å²) < 4.78 is 1.95. The zero-order valence-corrected chi connectivity index (χ0v) is 24.3. The molecule has 7 heteroatoms. The van der Waals surface area contributed by atoms with Crippen molar-refractivity contribution in [3.8, 4) is 18.0 Å². The molecule has 41 heavy (non-hydrogen) atoms. The van der Waals surface area contributed by atoms with E-state index in [4.69, 9.17) is 10.5 Å². The lowest BCUT2D eigenvalue weighted by molar-refractivity contribution is -0.119. The van der Waals surface area contributed by atoms with Crippen LogP contribution in [0.4, 0.5) is 5.82 Å². The van der Waals surface area contributed by atoms with E-state index in [9.17, 15) is 4.79 Å². The van der Waals surface area contributed by atoms with E-state index < -0.39 is 0 Å². The van der Waals surface area contributed by atoms with E-state index in [1.807, 2.05) is 98.4 Å². The number of hydrogen-bond donors (Lipinski definition) is 1. The third-order valence-electron chi connectivity index (χ3n) is 6.88. The predicted octanol–water partition coefficient (Wildman–Crippen LogP) is 7.26. The summed E-state index contributed by atoms with van der Waals surface area (Å²) in [5.74, 6) is 2.84. The standard InChI is InChI=1S/C18H24N4O.2C8H7N/c1-13(23)18(15-8-4-3-5-9-15)21-16-12-17(20-14(2)19-16)22-10-6-7-11-22;1-7-2-4-8(6-9)5-3-7;1-7-3-2-4-8(5-7)6-9/h6-7,10-12,15,18H,3-5,8-9H2,1-2H3,(H,19,20,21);2*2-5H,1H3/t18-;;/m0../s1. The molecule has 1 atom stereocenters. The predicted molar refractivity (Wildman–Crippen MR) is 163 cm³/mol. The molecular weight excluding hydrogens is 508 g/mol. The van der Waals surface area contributed by atoms with Crippen molar-refractivity contribution in [2.45, 2.75) is 65.8 Å². The molecule has 2 heterocycles. The first kappa shape index (κ1) is 30.8. The van der Waals surface area contributed by atoms with Crippen molar-refractivity contribution in [3.05, 3.63) is 107 Å². The first-order chi connectivity index (χ1) is 19.8. The van der Waals surface area contributed by atoms with E-state index in [1.165, 1.54) is 24.8 Å². The van der Waals surface area contributed by atoms with Gasteiger partial charge in [-0.2, -0.15) is 10.5 Å². The minimum Gasteiger partial charge on any atom is -0.360 e. The normalized spacial score (nSPS) is 13.2. The Kier molecular flexibility index (Phi) is 11.8. The van der Waals surface area contributed by atoms with E-state index in [2.05, 4.69) is 27.4 Å². The number of carbonyl (C=O) groups excluding carboxylic acids is 1. The molecule has 0 saturated heterocycles. The van der Waals surface area contributed by atoms with E-state index in [1.54, 1.807) is 13.0 Å². The average molecular weight is 547 g/mol. The van der Waals surface area contributed by atoms with Gasteiger partial charge in [0.15, 0.2) is 5.78 Å². The van der Waals surface area contributed by atoms with Gasteiger partial charge in [-0.05, 0) is 88.4 Å². The molecule has 0 spiro atoms. The Morgan fingerprint density at radius 1 is 0.854 bits per heavy atom. The number of hydrogen-bond acceptors (Lipinski definition) is 6. The third-order valence-corrected chi connectivity index (χ3v) is 6.88. The van der Waals surface area contributed by atoms with Crippen LogP contribution in [0, 0.1) is 49.4 Å². The first-order valence-corrected chi connectivity index (χ1v) is 14.0. The summed E-state index contributed by atoms with van der Waals surface area (Å²) in [7, 11) is 0. The molecule has 0 aliphatic heterocycles. The number of nitrogens with one attached hydrogen (secondary N) is 1. The van der Waals surface area contributed by atoms with E-state index in [0.717, 1.165) is 41.2 Å². The summed E-state index contributed by atoms with van der Waals surface area (Å²) in [4.78, 5) is 21.1. The van der Waals surface area contributed by atoms with E-state index in [0.29, 0.717) is 11.7 Å². The van der Waals surface area contributed by atoms with Gasteiger partial charge in [-0.3, -0.25) is 4.79 Å². The zero-order chi connectivity index (χ0) is 29.6. The summed E-state index contributed by atoms with van der Waals surface area (Å²) in [5, 5.41) is 20.2. The number of anilines is 1. The van der Waals surface area contributed by atoms with Crippen LogP contribution < -0.4 is 5.32 Å². The molecule has 1 aliphatic rings. The number of aryl methyl sites for hydroxylation is 3. The van der Waals surface area contributed by atoms with Crippen molar-refractivity contribution in [1.29, 1.82) is 10.5 Å². The van der Waals surface area contributed by atoms with Gasteiger partial charge in [-0.1, -0.05) is 49.1 Å². The third kappa shape index (κ3) is 10.1. The molecule has 7 nitrogen and oxygen atoms in total. The first-order valence-electron chi connectivity index (χ1n) is 14.0. The Bertz CT molecular complexity index is 1470. The second-order valence-corrected chi connectivity index (χ2v) is 10.3. The fourth-order valence-corrected chi connectivity index (χ4v) is 4.77. The largest absolute Gasteiger partial charge is 0.360 e. The minimum absolute atomic E-state index is 0.151. The second-order valence-electron chi connectivity index (χ2n) is 10.3. The smallest absolute Gasteiger partial charge is 0.152 e. The topological polar surface area (TPSA) is 107 Å². The van der Waals surface area contributed by atoms with Crippen LogP contribution in [0.15, 0.2) is 79.1 Å². The van der Waals surface area contributed by atoms with Crippen LogP contribution in [0.5, 0.6) is 0 Å². The molecule has 0 bridgehead atoms. The molecule has 1 aliphatic carbocycles. The molecule has 1 fully saturated rings. The number of nitrogens with zero attached hydrogens (tertiary/aromatic N) is 5. The van der Waals surface area contributed by atoms with Crippen molar-refractivity contribution in [3.63, 3.8) is 0 Å². The number of benzene rings is 2. The maximum atomic E-state index is 12.1. The van der Waals surface area contributed by atoms with Gasteiger partial charge >= 0.3 is 0 Å². The van der Waals surface area contributed by atoms with Crippen molar-refractivity contribution in [2.75, 3.05) is 5.32 Å². The van der Waals surface area contributed by atoms with Gasteiger partial charge in [0.05, 0.1) is 29.3 Å². The molecule has 210 valence electrons. The van der Waals surface area contributed by atoms with Crippen LogP contribution in [0.3, 0.4) is 0 Å². The molecule has 0 radical (unpaired) electrons. The highest BCUT2D eigenvalue weighted by Crippen LogP contribution is 2.28. The van der Waals surface area contributed by atoms with Crippen molar-refractivity contribution < 1.29 is 4.79 Å². The molecule has 0 unspecified atom stereocenters. The lowest BCUT2D eigenvalue weighted by atomic mass is 9.82. The highest BCUT2D eigenvalue weighted by molar-refractivity contribution is 5.84. The fraction of sp³-hybridized carbons (Fsp3) is 0.324.